The molecule has 0 unspecified atom stereocenters. The number of ether oxygens (including phenoxy) is 2. The van der Waals surface area contributed by atoms with Gasteiger partial charge in [0, 0.05) is 22.3 Å². The third-order valence-electron chi connectivity index (χ3n) is 4.52. The lowest BCUT2D eigenvalue weighted by atomic mass is 10.1. The number of anilines is 1. The summed E-state index contributed by atoms with van der Waals surface area (Å²) in [6, 6.07) is 16.6. The summed E-state index contributed by atoms with van der Waals surface area (Å²) in [6.45, 7) is 2.77. The van der Waals surface area contributed by atoms with Crippen LogP contribution in [-0.4, -0.2) is 17.8 Å². The fraction of sp³-hybridized carbons (Fsp3) is 0.217. The number of halogens is 2. The maximum Gasteiger partial charge on any atom is 0.243 e. The first-order valence-corrected chi connectivity index (χ1v) is 10.6. The minimum absolute atomic E-state index is 0.191. The number of hydrogen-bond acceptors (Lipinski definition) is 4. The molecule has 0 aliphatic heterocycles. The van der Waals surface area contributed by atoms with Crippen molar-refractivity contribution in [2.45, 2.75) is 26.8 Å². The number of carbonyl (C=O) groups excluding carboxylic acids is 1. The molecule has 0 saturated heterocycles. The largest absolute Gasteiger partial charge is 0.463 e. The molecular weight excluding hydrogens is 498 g/mol. The Bertz CT molecular complexity index is 1010. The third kappa shape index (κ3) is 5.47. The molecular formula is C23H22FIN2O3. The van der Waals surface area contributed by atoms with Gasteiger partial charge in [-0.1, -0.05) is 19.1 Å². The second kappa shape index (κ2) is 10.4. The summed E-state index contributed by atoms with van der Waals surface area (Å²) in [6.07, 6.45) is 2.43. The van der Waals surface area contributed by atoms with Gasteiger partial charge in [-0.3, -0.25) is 4.79 Å². The second-order valence-corrected chi connectivity index (χ2v) is 7.78. The van der Waals surface area contributed by atoms with E-state index in [-0.39, 0.29) is 12.5 Å². The number of rotatable bonds is 8. The van der Waals surface area contributed by atoms with Crippen LogP contribution in [0.2, 0.25) is 0 Å². The predicted molar refractivity (Wildman–Crippen MR) is 123 cm³/mol. The van der Waals surface area contributed by atoms with Crippen molar-refractivity contribution < 1.29 is 18.7 Å². The standard InChI is InChI=1S/C23H22FIN2O3/c1-3-17-6-11-22(29-15-24)18(13-17)14-27(16(2)28)21-5-4-12-26-23(21)30-20-9-7-19(25)8-10-20/h4-13H,3,14-15H2,1-2H3. The van der Waals surface area contributed by atoms with Crippen LogP contribution in [0.3, 0.4) is 0 Å². The highest BCUT2D eigenvalue weighted by Crippen LogP contribution is 2.33. The van der Waals surface area contributed by atoms with Gasteiger partial charge in [-0.15, -0.1) is 0 Å². The van der Waals surface area contributed by atoms with Gasteiger partial charge in [0.1, 0.15) is 17.2 Å². The normalized spacial score (nSPS) is 10.5. The fourth-order valence-corrected chi connectivity index (χ4v) is 3.35. The lowest BCUT2D eigenvalue weighted by Gasteiger charge is -2.24. The average Bonchev–Trinajstić information content (AvgIpc) is 2.75. The molecule has 3 aromatic rings. The van der Waals surface area contributed by atoms with Gasteiger partial charge < -0.3 is 14.4 Å². The molecule has 1 heterocycles. The monoisotopic (exact) mass is 520 g/mol. The Balaban J connectivity index is 1.96. The lowest BCUT2D eigenvalue weighted by molar-refractivity contribution is -0.116. The molecule has 156 valence electrons. The molecule has 0 aliphatic rings. The zero-order chi connectivity index (χ0) is 21.5. The van der Waals surface area contributed by atoms with Crippen LogP contribution >= 0.6 is 22.6 Å². The maximum atomic E-state index is 12.9. The molecule has 0 saturated carbocycles. The molecule has 0 atom stereocenters. The van der Waals surface area contributed by atoms with E-state index in [2.05, 4.69) is 27.6 Å². The summed E-state index contributed by atoms with van der Waals surface area (Å²) in [4.78, 5) is 18.4. The molecule has 7 heteroatoms. The van der Waals surface area contributed by atoms with E-state index < -0.39 is 6.86 Å². The van der Waals surface area contributed by atoms with Gasteiger partial charge >= 0.3 is 0 Å². The van der Waals surface area contributed by atoms with Gasteiger partial charge in [-0.2, -0.15) is 0 Å². The zero-order valence-corrected chi connectivity index (χ0v) is 18.9. The van der Waals surface area contributed by atoms with E-state index in [1.807, 2.05) is 43.3 Å². The lowest BCUT2D eigenvalue weighted by Crippen LogP contribution is -2.28. The van der Waals surface area contributed by atoms with Crippen molar-refractivity contribution in [1.29, 1.82) is 0 Å². The molecule has 1 amide bonds. The van der Waals surface area contributed by atoms with E-state index in [1.165, 1.54) is 6.92 Å². The van der Waals surface area contributed by atoms with Crippen LogP contribution in [0.15, 0.2) is 60.8 Å². The van der Waals surface area contributed by atoms with Crippen LogP contribution in [0.1, 0.15) is 25.0 Å². The number of nitrogens with zero attached hydrogens (tertiary/aromatic N) is 2. The van der Waals surface area contributed by atoms with Gasteiger partial charge in [0.05, 0.1) is 6.54 Å². The number of carbonyl (C=O) groups is 1. The van der Waals surface area contributed by atoms with Crippen LogP contribution in [0.25, 0.3) is 0 Å². The van der Waals surface area contributed by atoms with Crippen molar-refractivity contribution in [1.82, 2.24) is 4.98 Å². The van der Waals surface area contributed by atoms with Crippen LogP contribution in [0, 0.1) is 3.57 Å². The summed E-state index contributed by atoms with van der Waals surface area (Å²) < 4.78 is 25.0. The molecule has 0 bridgehead atoms. The van der Waals surface area contributed by atoms with E-state index in [0.29, 0.717) is 28.6 Å². The number of aryl methyl sites for hydroxylation is 1. The number of pyridine rings is 1. The number of hydrogen-bond donors (Lipinski definition) is 0. The molecule has 1 aromatic heterocycles. The maximum absolute atomic E-state index is 12.9. The van der Waals surface area contributed by atoms with Crippen LogP contribution in [-0.2, 0) is 17.8 Å². The van der Waals surface area contributed by atoms with Crippen LogP contribution < -0.4 is 14.4 Å². The minimum Gasteiger partial charge on any atom is -0.463 e. The van der Waals surface area contributed by atoms with Gasteiger partial charge in [0.15, 0.2) is 0 Å². The first kappa shape index (κ1) is 22.0. The topological polar surface area (TPSA) is 51.7 Å². The predicted octanol–water partition coefficient (Wildman–Crippen LogP) is 5.90. The second-order valence-electron chi connectivity index (χ2n) is 6.54. The Morgan fingerprint density at radius 3 is 2.60 bits per heavy atom. The molecule has 0 aliphatic carbocycles. The average molecular weight is 520 g/mol. The van der Waals surface area contributed by atoms with Crippen molar-refractivity contribution in [3.8, 4) is 17.4 Å². The van der Waals surface area contributed by atoms with E-state index >= 15 is 0 Å². The zero-order valence-electron chi connectivity index (χ0n) is 16.8. The quantitative estimate of drug-likeness (QED) is 0.347. The third-order valence-corrected chi connectivity index (χ3v) is 5.24. The molecule has 30 heavy (non-hydrogen) atoms. The SMILES string of the molecule is CCc1ccc(OCF)c(CN(C(C)=O)c2cccnc2Oc2ccc(I)cc2)c1. The Labute approximate surface area is 189 Å². The number of alkyl halides is 1. The van der Waals surface area contributed by atoms with Crippen LogP contribution in [0.4, 0.5) is 10.1 Å². The van der Waals surface area contributed by atoms with Crippen molar-refractivity contribution in [2.24, 2.45) is 0 Å². The van der Waals surface area contributed by atoms with E-state index in [1.54, 1.807) is 29.3 Å². The first-order chi connectivity index (χ1) is 14.5. The molecule has 0 N–H and O–H groups in total. The highest BCUT2D eigenvalue weighted by Gasteiger charge is 2.20. The first-order valence-electron chi connectivity index (χ1n) is 9.49. The highest BCUT2D eigenvalue weighted by atomic mass is 127. The molecule has 3 rings (SSSR count). The van der Waals surface area contributed by atoms with E-state index in [4.69, 9.17) is 9.47 Å². The Kier molecular flexibility index (Phi) is 7.62. The van der Waals surface area contributed by atoms with Gasteiger partial charge in [0.25, 0.3) is 0 Å². The summed E-state index contributed by atoms with van der Waals surface area (Å²) >= 11 is 2.22. The fourth-order valence-electron chi connectivity index (χ4n) is 2.99. The smallest absolute Gasteiger partial charge is 0.243 e. The van der Waals surface area contributed by atoms with Crippen molar-refractivity contribution in [2.75, 3.05) is 11.8 Å². The minimum atomic E-state index is -0.938. The van der Waals surface area contributed by atoms with Crippen LogP contribution in [0.5, 0.6) is 17.4 Å². The van der Waals surface area contributed by atoms with Gasteiger partial charge in [-0.25, -0.2) is 9.37 Å². The summed E-state index contributed by atoms with van der Waals surface area (Å²) in [5.41, 5.74) is 2.31. The van der Waals surface area contributed by atoms with Gasteiger partial charge in [-0.05, 0) is 77.0 Å². The Hall–Kier alpha value is -2.68. The number of benzene rings is 2. The highest BCUT2D eigenvalue weighted by molar-refractivity contribution is 14.1. The van der Waals surface area contributed by atoms with E-state index in [0.717, 1.165) is 15.6 Å². The number of aromatic nitrogens is 1. The molecule has 0 spiro atoms. The Morgan fingerprint density at radius 1 is 1.17 bits per heavy atom. The van der Waals surface area contributed by atoms with Crippen molar-refractivity contribution in [3.63, 3.8) is 0 Å². The Morgan fingerprint density at radius 2 is 1.93 bits per heavy atom. The summed E-state index contributed by atoms with van der Waals surface area (Å²) in [7, 11) is 0. The molecule has 0 radical (unpaired) electrons. The molecule has 5 nitrogen and oxygen atoms in total. The number of amides is 1. The van der Waals surface area contributed by atoms with E-state index in [9.17, 15) is 9.18 Å². The summed E-state index contributed by atoms with van der Waals surface area (Å²) in [5, 5.41) is 0. The van der Waals surface area contributed by atoms with Gasteiger partial charge in [0.2, 0.25) is 18.6 Å². The summed E-state index contributed by atoms with van der Waals surface area (Å²) in [5.74, 6) is 1.15. The molecule has 2 aromatic carbocycles. The van der Waals surface area contributed by atoms with Crippen molar-refractivity contribution in [3.05, 3.63) is 75.5 Å². The molecule has 0 fully saturated rings. The van der Waals surface area contributed by atoms with Crippen molar-refractivity contribution >= 4 is 34.2 Å².